The van der Waals surface area contributed by atoms with E-state index in [2.05, 4.69) is 23.4 Å². The maximum Gasteiger partial charge on any atom is 0.192 e. The van der Waals surface area contributed by atoms with Crippen LogP contribution >= 0.6 is 0 Å². The van der Waals surface area contributed by atoms with Gasteiger partial charge in [0.1, 0.15) is 0 Å². The van der Waals surface area contributed by atoms with E-state index in [1.54, 1.807) is 0 Å². The molecule has 90 valence electrons. The van der Waals surface area contributed by atoms with Crippen molar-refractivity contribution in [2.45, 2.75) is 44.6 Å². The van der Waals surface area contributed by atoms with Crippen molar-refractivity contribution in [1.82, 2.24) is 4.90 Å². The second-order valence-electron chi connectivity index (χ2n) is 5.17. The lowest BCUT2D eigenvalue weighted by Crippen LogP contribution is -2.53. The van der Waals surface area contributed by atoms with Crippen LogP contribution in [0.1, 0.15) is 39.0 Å². The lowest BCUT2D eigenvalue weighted by molar-refractivity contribution is 0.115. The molecular weight excluding hydrogens is 198 g/mol. The molecule has 0 amide bonds. The van der Waals surface area contributed by atoms with E-state index in [0.717, 1.165) is 25.0 Å². The van der Waals surface area contributed by atoms with Crippen LogP contribution in [0.2, 0.25) is 0 Å². The van der Waals surface area contributed by atoms with Gasteiger partial charge < -0.3 is 10.6 Å². The minimum Gasteiger partial charge on any atom is -0.370 e. The van der Waals surface area contributed by atoms with E-state index in [1.165, 1.54) is 32.1 Å². The minimum atomic E-state index is 0.219. The molecule has 2 atom stereocenters. The van der Waals surface area contributed by atoms with Gasteiger partial charge >= 0.3 is 0 Å². The zero-order chi connectivity index (χ0) is 11.6. The van der Waals surface area contributed by atoms with Crippen molar-refractivity contribution >= 4 is 5.96 Å². The molecule has 2 rings (SSSR count). The van der Waals surface area contributed by atoms with Crippen LogP contribution in [0.4, 0.5) is 0 Å². The Hall–Kier alpha value is -0.990. The highest BCUT2D eigenvalue weighted by atomic mass is 15.4. The molecule has 1 aliphatic carbocycles. The van der Waals surface area contributed by atoms with Gasteiger partial charge in [-0.3, -0.25) is 4.99 Å². The van der Waals surface area contributed by atoms with Gasteiger partial charge in [0.05, 0.1) is 12.1 Å². The van der Waals surface area contributed by atoms with E-state index in [9.17, 15) is 0 Å². The molecule has 0 saturated heterocycles. The van der Waals surface area contributed by atoms with Gasteiger partial charge in [0.15, 0.2) is 5.96 Å². The first-order valence-electron chi connectivity index (χ1n) is 6.40. The van der Waals surface area contributed by atoms with Gasteiger partial charge in [-0.2, -0.15) is 0 Å². The van der Waals surface area contributed by atoms with E-state index >= 15 is 0 Å². The van der Waals surface area contributed by atoms with E-state index in [0.29, 0.717) is 0 Å². The first-order chi connectivity index (χ1) is 7.72. The van der Waals surface area contributed by atoms with Gasteiger partial charge in [0, 0.05) is 6.54 Å². The topological polar surface area (TPSA) is 41.6 Å². The molecule has 0 aromatic rings. The fourth-order valence-electron chi connectivity index (χ4n) is 3.26. The quantitative estimate of drug-likeness (QED) is 0.742. The molecule has 0 aromatic heterocycles. The number of guanidine groups is 1. The van der Waals surface area contributed by atoms with E-state index in [4.69, 9.17) is 5.73 Å². The van der Waals surface area contributed by atoms with Crippen molar-refractivity contribution in [3.05, 3.63) is 12.7 Å². The smallest absolute Gasteiger partial charge is 0.192 e. The summed E-state index contributed by atoms with van der Waals surface area (Å²) in [6.07, 6.45) is 8.40. The lowest BCUT2D eigenvalue weighted by Gasteiger charge is -2.44. The number of rotatable bonds is 3. The monoisotopic (exact) mass is 221 g/mol. The van der Waals surface area contributed by atoms with Crippen molar-refractivity contribution < 1.29 is 0 Å². The summed E-state index contributed by atoms with van der Waals surface area (Å²) >= 11 is 0. The van der Waals surface area contributed by atoms with Crippen molar-refractivity contribution in [1.29, 1.82) is 0 Å². The van der Waals surface area contributed by atoms with Gasteiger partial charge in [-0.05, 0) is 18.8 Å². The summed E-state index contributed by atoms with van der Waals surface area (Å²) in [4.78, 5) is 6.73. The number of aliphatic imine (C=N–C) groups is 1. The second-order valence-corrected chi connectivity index (χ2v) is 5.17. The van der Waals surface area contributed by atoms with Gasteiger partial charge in [0.2, 0.25) is 0 Å². The summed E-state index contributed by atoms with van der Waals surface area (Å²) in [6.45, 7) is 7.85. The summed E-state index contributed by atoms with van der Waals surface area (Å²) in [6, 6.07) is 0. The highest BCUT2D eigenvalue weighted by Gasteiger charge is 2.44. The normalized spacial score (nSPS) is 34.2. The van der Waals surface area contributed by atoms with Crippen LogP contribution in [0.15, 0.2) is 17.6 Å². The third kappa shape index (κ3) is 1.83. The highest BCUT2D eigenvalue weighted by molar-refractivity contribution is 5.81. The summed E-state index contributed by atoms with van der Waals surface area (Å²) in [7, 11) is 0. The van der Waals surface area contributed by atoms with Gasteiger partial charge in [-0.25, -0.2) is 0 Å². The average molecular weight is 221 g/mol. The molecule has 0 aromatic carbocycles. The van der Waals surface area contributed by atoms with Gasteiger partial charge in [-0.1, -0.05) is 32.3 Å². The van der Waals surface area contributed by atoms with Crippen molar-refractivity contribution in [3.63, 3.8) is 0 Å². The van der Waals surface area contributed by atoms with Gasteiger partial charge in [0.25, 0.3) is 0 Å². The summed E-state index contributed by atoms with van der Waals surface area (Å²) < 4.78 is 0. The van der Waals surface area contributed by atoms with E-state index in [-0.39, 0.29) is 5.54 Å². The molecule has 16 heavy (non-hydrogen) atoms. The Kier molecular flexibility index (Phi) is 3.22. The predicted octanol–water partition coefficient (Wildman–Crippen LogP) is 2.14. The predicted molar refractivity (Wildman–Crippen MR) is 68.4 cm³/mol. The molecule has 0 radical (unpaired) electrons. The van der Waals surface area contributed by atoms with Crippen LogP contribution in [0.25, 0.3) is 0 Å². The summed E-state index contributed by atoms with van der Waals surface area (Å²) in [5.74, 6) is 1.57. The fraction of sp³-hybridized carbons (Fsp3) is 0.769. The molecular formula is C13H23N3. The SMILES string of the molecule is C=CCN1C(N)=NCC12CCCC(CC)C2. The Balaban J connectivity index is 2.14. The number of hydrogen-bond donors (Lipinski definition) is 1. The number of nitrogens with zero attached hydrogens (tertiary/aromatic N) is 2. The van der Waals surface area contributed by atoms with E-state index in [1.807, 2.05) is 6.08 Å². The van der Waals surface area contributed by atoms with Crippen LogP contribution in [0, 0.1) is 5.92 Å². The molecule has 1 saturated carbocycles. The molecule has 3 nitrogen and oxygen atoms in total. The maximum absolute atomic E-state index is 5.99. The Labute approximate surface area is 98.4 Å². The molecule has 2 aliphatic rings. The molecule has 2 N–H and O–H groups in total. The number of nitrogens with two attached hydrogens (primary N) is 1. The Morgan fingerprint density at radius 1 is 1.69 bits per heavy atom. The Bertz CT molecular complexity index is 298. The first-order valence-corrected chi connectivity index (χ1v) is 6.40. The van der Waals surface area contributed by atoms with Crippen LogP contribution in [0.3, 0.4) is 0 Å². The largest absolute Gasteiger partial charge is 0.370 e. The highest BCUT2D eigenvalue weighted by Crippen LogP contribution is 2.40. The fourth-order valence-corrected chi connectivity index (χ4v) is 3.26. The lowest BCUT2D eigenvalue weighted by atomic mass is 9.74. The zero-order valence-electron chi connectivity index (χ0n) is 10.3. The van der Waals surface area contributed by atoms with Gasteiger partial charge in [-0.15, -0.1) is 6.58 Å². The van der Waals surface area contributed by atoms with Crippen LogP contribution in [0.5, 0.6) is 0 Å². The molecule has 1 aliphatic heterocycles. The third-order valence-corrected chi connectivity index (χ3v) is 4.20. The molecule has 1 fully saturated rings. The van der Waals surface area contributed by atoms with Crippen LogP contribution in [-0.2, 0) is 0 Å². The molecule has 3 heteroatoms. The van der Waals surface area contributed by atoms with Crippen molar-refractivity contribution in [3.8, 4) is 0 Å². The molecule has 0 bridgehead atoms. The van der Waals surface area contributed by atoms with E-state index < -0.39 is 0 Å². The number of hydrogen-bond acceptors (Lipinski definition) is 3. The molecule has 1 spiro atoms. The van der Waals surface area contributed by atoms with Crippen molar-refractivity contribution in [2.75, 3.05) is 13.1 Å². The first kappa shape index (κ1) is 11.5. The Morgan fingerprint density at radius 3 is 3.19 bits per heavy atom. The zero-order valence-corrected chi connectivity index (χ0v) is 10.3. The standard InChI is InChI=1S/C13H23N3/c1-3-8-16-12(14)15-10-13(16)7-5-6-11(4-2)9-13/h3,11H,1,4-10H2,2H3,(H2,14,15). The summed E-state index contributed by atoms with van der Waals surface area (Å²) in [5.41, 5.74) is 6.21. The third-order valence-electron chi connectivity index (χ3n) is 4.20. The summed E-state index contributed by atoms with van der Waals surface area (Å²) in [5, 5.41) is 0. The molecule has 1 heterocycles. The molecule has 2 unspecified atom stereocenters. The average Bonchev–Trinajstić information content (AvgIpc) is 2.59. The maximum atomic E-state index is 5.99. The second kappa shape index (κ2) is 4.48. The van der Waals surface area contributed by atoms with Crippen LogP contribution < -0.4 is 5.73 Å². The minimum absolute atomic E-state index is 0.219. The van der Waals surface area contributed by atoms with Crippen LogP contribution in [-0.4, -0.2) is 29.5 Å². The Morgan fingerprint density at radius 2 is 2.50 bits per heavy atom. The van der Waals surface area contributed by atoms with Crippen molar-refractivity contribution in [2.24, 2.45) is 16.6 Å².